The highest BCUT2D eigenvalue weighted by molar-refractivity contribution is 6.76. The first-order chi connectivity index (χ1) is 15.4. The summed E-state index contributed by atoms with van der Waals surface area (Å²) in [7, 11) is 0.961. The van der Waals surface area contributed by atoms with E-state index in [9.17, 15) is 0 Å². The molecule has 2 aliphatic heterocycles. The molecule has 2 fully saturated rings. The van der Waals surface area contributed by atoms with Gasteiger partial charge in [0.25, 0.3) is 0 Å². The number of nitrogens with zero attached hydrogens (tertiary/aromatic N) is 4. The number of ether oxygens (including phenoxy) is 1. The van der Waals surface area contributed by atoms with Gasteiger partial charge in [-0.1, -0.05) is 19.6 Å². The Labute approximate surface area is 192 Å². The van der Waals surface area contributed by atoms with Gasteiger partial charge in [0.2, 0.25) is 0 Å². The molecule has 3 aromatic rings. The fourth-order valence-electron chi connectivity index (χ4n) is 4.67. The molecule has 0 radical (unpaired) electrons. The largest absolute Gasteiger partial charge is 0.385 e. The molecule has 8 heteroatoms. The first-order valence-electron chi connectivity index (χ1n) is 11.6. The minimum Gasteiger partial charge on any atom is -0.385 e. The summed E-state index contributed by atoms with van der Waals surface area (Å²) in [6.07, 6.45) is 13.0. The summed E-state index contributed by atoms with van der Waals surface area (Å²) < 4.78 is 4.95. The predicted octanol–water partition coefficient (Wildman–Crippen LogP) is 4.32. The van der Waals surface area contributed by atoms with Crippen LogP contribution in [0.3, 0.4) is 0 Å². The van der Waals surface area contributed by atoms with Crippen LogP contribution in [0.2, 0.25) is 25.7 Å². The monoisotopic (exact) mass is 452 g/mol. The van der Waals surface area contributed by atoms with Gasteiger partial charge in [0, 0.05) is 82.0 Å². The van der Waals surface area contributed by atoms with Crippen LogP contribution in [0.15, 0.2) is 37.2 Å². The molecular formula is C24H36N6OSi. The fraction of sp³-hybridized carbons (Fsp3) is 0.542. The fourth-order valence-corrected chi connectivity index (χ4v) is 5.49. The molecule has 0 aromatic carbocycles. The Morgan fingerprint density at radius 3 is 2.66 bits per heavy atom. The molecule has 172 valence electrons. The van der Waals surface area contributed by atoms with Crippen LogP contribution < -0.4 is 10.2 Å². The Kier molecular flexibility index (Phi) is 6.92. The number of nitrogens with one attached hydrogen (secondary N) is 2. The van der Waals surface area contributed by atoms with E-state index in [0.717, 1.165) is 43.0 Å². The standard InChI is InChI=1S/C18H20N6.C6H16OSi/c1-3-18(23-5-1)4-7-24(11-18)15-2-6-21-17-16(15)14(10-22-17)13-8-19-12-20-9-13;1-7-5-6-8(2,3)4/h2,6,8-10,12,23H,1,3-5,7,11H2,(H,21,22);5-6H2,1-4H3/t18-;/m0./s1. The summed E-state index contributed by atoms with van der Waals surface area (Å²) in [6, 6.07) is 3.42. The van der Waals surface area contributed by atoms with Crippen molar-refractivity contribution in [2.24, 2.45) is 0 Å². The van der Waals surface area contributed by atoms with Crippen LogP contribution in [0.5, 0.6) is 0 Å². The van der Waals surface area contributed by atoms with Gasteiger partial charge in [-0.3, -0.25) is 0 Å². The van der Waals surface area contributed by atoms with E-state index in [2.05, 4.69) is 55.9 Å². The zero-order valence-electron chi connectivity index (χ0n) is 19.8. The van der Waals surface area contributed by atoms with Crippen LogP contribution in [0.1, 0.15) is 19.3 Å². The maximum absolute atomic E-state index is 4.95. The maximum atomic E-state index is 4.95. The Balaban J connectivity index is 0.000000265. The molecule has 1 atom stereocenters. The van der Waals surface area contributed by atoms with Gasteiger partial charge in [0.15, 0.2) is 0 Å². The highest BCUT2D eigenvalue weighted by atomic mass is 28.3. The molecule has 0 amide bonds. The van der Waals surface area contributed by atoms with Gasteiger partial charge in [-0.2, -0.15) is 0 Å². The first kappa shape index (κ1) is 22.9. The van der Waals surface area contributed by atoms with Crippen molar-refractivity contribution >= 4 is 24.8 Å². The highest BCUT2D eigenvalue weighted by Crippen LogP contribution is 2.39. The van der Waals surface area contributed by atoms with Crippen LogP contribution in [-0.2, 0) is 4.74 Å². The van der Waals surface area contributed by atoms with Crippen molar-refractivity contribution in [3.8, 4) is 11.1 Å². The van der Waals surface area contributed by atoms with Gasteiger partial charge < -0.3 is 19.9 Å². The van der Waals surface area contributed by atoms with E-state index in [1.165, 1.54) is 36.4 Å². The molecule has 2 saturated heterocycles. The summed E-state index contributed by atoms with van der Waals surface area (Å²) in [5.41, 5.74) is 4.62. The molecule has 3 aromatic heterocycles. The lowest BCUT2D eigenvalue weighted by atomic mass is 9.97. The van der Waals surface area contributed by atoms with Gasteiger partial charge in [-0.15, -0.1) is 0 Å². The Bertz CT molecular complexity index is 1010. The summed E-state index contributed by atoms with van der Waals surface area (Å²) in [5.74, 6) is 0. The average molecular weight is 453 g/mol. The summed E-state index contributed by atoms with van der Waals surface area (Å²) in [4.78, 5) is 18.6. The third-order valence-corrected chi connectivity index (χ3v) is 8.21. The van der Waals surface area contributed by atoms with E-state index in [4.69, 9.17) is 4.74 Å². The molecule has 5 heterocycles. The summed E-state index contributed by atoms with van der Waals surface area (Å²) in [6.45, 7) is 11.3. The second-order valence-electron chi connectivity index (χ2n) is 10.2. The smallest absolute Gasteiger partial charge is 0.139 e. The molecule has 0 aliphatic carbocycles. The van der Waals surface area contributed by atoms with Crippen molar-refractivity contribution in [2.45, 2.75) is 50.5 Å². The second kappa shape index (κ2) is 9.68. The van der Waals surface area contributed by atoms with E-state index < -0.39 is 8.07 Å². The normalized spacial score (nSPS) is 20.7. The molecular weight excluding hydrogens is 416 g/mol. The topological polar surface area (TPSA) is 79.0 Å². The van der Waals surface area contributed by atoms with E-state index in [0.29, 0.717) is 5.54 Å². The SMILES string of the molecule is COCC[Si](C)(C)C.c1ncc(-c2c[nH]c3nccc(N4CC[C@@]5(CCCN5)C4)c23)cn1. The van der Waals surface area contributed by atoms with Crippen molar-refractivity contribution in [3.05, 3.63) is 37.2 Å². The lowest BCUT2D eigenvalue weighted by Gasteiger charge is -2.26. The summed E-state index contributed by atoms with van der Waals surface area (Å²) >= 11 is 0. The molecule has 0 bridgehead atoms. The molecule has 32 heavy (non-hydrogen) atoms. The number of hydrogen-bond acceptors (Lipinski definition) is 6. The molecule has 0 saturated carbocycles. The number of rotatable bonds is 5. The molecule has 7 nitrogen and oxygen atoms in total. The second-order valence-corrected chi connectivity index (χ2v) is 15.8. The average Bonchev–Trinajstić information content (AvgIpc) is 3.53. The summed E-state index contributed by atoms with van der Waals surface area (Å²) in [5, 5.41) is 4.90. The first-order valence-corrected chi connectivity index (χ1v) is 15.3. The Morgan fingerprint density at radius 2 is 2.00 bits per heavy atom. The van der Waals surface area contributed by atoms with Gasteiger partial charge in [-0.25, -0.2) is 15.0 Å². The number of fused-ring (bicyclic) bond motifs is 1. The minimum atomic E-state index is -0.803. The van der Waals surface area contributed by atoms with Crippen molar-refractivity contribution in [2.75, 3.05) is 38.3 Å². The third-order valence-electron chi connectivity index (χ3n) is 6.51. The number of pyridine rings is 1. The number of hydrogen-bond donors (Lipinski definition) is 2. The highest BCUT2D eigenvalue weighted by Gasteiger charge is 2.40. The molecule has 2 aliphatic rings. The van der Waals surface area contributed by atoms with Crippen molar-refractivity contribution in [1.82, 2.24) is 25.3 Å². The molecule has 1 spiro atoms. The van der Waals surface area contributed by atoms with Gasteiger partial charge in [-0.05, 0) is 37.9 Å². The van der Waals surface area contributed by atoms with E-state index in [-0.39, 0.29) is 0 Å². The Morgan fingerprint density at radius 1 is 1.19 bits per heavy atom. The lowest BCUT2D eigenvalue weighted by molar-refractivity contribution is 0.214. The minimum absolute atomic E-state index is 0.307. The van der Waals surface area contributed by atoms with Crippen LogP contribution in [0, 0.1) is 0 Å². The van der Waals surface area contributed by atoms with E-state index in [1.54, 1.807) is 13.4 Å². The van der Waals surface area contributed by atoms with E-state index in [1.807, 2.05) is 24.8 Å². The van der Waals surface area contributed by atoms with Crippen molar-refractivity contribution in [1.29, 1.82) is 0 Å². The lowest BCUT2D eigenvalue weighted by Crippen LogP contribution is -2.42. The number of H-pyrrole nitrogens is 1. The number of methoxy groups -OCH3 is 1. The van der Waals surface area contributed by atoms with Crippen LogP contribution >= 0.6 is 0 Å². The van der Waals surface area contributed by atoms with Crippen LogP contribution in [0.4, 0.5) is 5.69 Å². The molecule has 2 N–H and O–H groups in total. The molecule has 5 rings (SSSR count). The van der Waals surface area contributed by atoms with Crippen LogP contribution in [-0.4, -0.2) is 66.9 Å². The van der Waals surface area contributed by atoms with Crippen LogP contribution in [0.25, 0.3) is 22.2 Å². The zero-order valence-corrected chi connectivity index (χ0v) is 20.8. The number of aromatic nitrogens is 4. The Hall–Kier alpha value is -2.29. The van der Waals surface area contributed by atoms with Gasteiger partial charge in [0.05, 0.1) is 5.39 Å². The van der Waals surface area contributed by atoms with Crippen molar-refractivity contribution < 1.29 is 4.74 Å². The maximum Gasteiger partial charge on any atom is 0.139 e. The van der Waals surface area contributed by atoms with Crippen molar-refractivity contribution in [3.63, 3.8) is 0 Å². The van der Waals surface area contributed by atoms with Gasteiger partial charge in [0.1, 0.15) is 12.0 Å². The third kappa shape index (κ3) is 5.19. The number of aromatic amines is 1. The quantitative estimate of drug-likeness (QED) is 0.561. The number of anilines is 1. The van der Waals surface area contributed by atoms with Gasteiger partial charge >= 0.3 is 0 Å². The zero-order chi connectivity index (χ0) is 22.6. The predicted molar refractivity (Wildman–Crippen MR) is 134 cm³/mol. The van der Waals surface area contributed by atoms with E-state index >= 15 is 0 Å². The molecule has 0 unspecified atom stereocenters.